The summed E-state index contributed by atoms with van der Waals surface area (Å²) >= 11 is 0. The van der Waals surface area contributed by atoms with Crippen LogP contribution in [-0.2, 0) is 49.7 Å². The Hall–Kier alpha value is -2.32. The van der Waals surface area contributed by atoms with E-state index in [4.69, 9.17) is 9.47 Å². The third kappa shape index (κ3) is 9.93. The predicted molar refractivity (Wildman–Crippen MR) is 140 cm³/mol. The number of nitrogens with one attached hydrogen (secondary N) is 2. The largest absolute Gasteiger partial charge is 0.756 e. The average molecular weight is 786 g/mol. The predicted octanol–water partition coefficient (Wildman–Crippen LogP) is -6.72. The molecular formula is C18H22N4O23P4-4. The van der Waals surface area contributed by atoms with Gasteiger partial charge in [0.1, 0.15) is 36.6 Å². The molecule has 4 rings (SSSR count). The van der Waals surface area contributed by atoms with Crippen LogP contribution in [0, 0.1) is 0 Å². The van der Waals surface area contributed by atoms with E-state index < -0.39 is 116 Å². The molecule has 276 valence electrons. The number of rotatable bonds is 14. The van der Waals surface area contributed by atoms with Crippen molar-refractivity contribution in [1.82, 2.24) is 19.1 Å². The van der Waals surface area contributed by atoms with Gasteiger partial charge in [-0.1, -0.05) is 0 Å². The van der Waals surface area contributed by atoms with E-state index in [0.717, 1.165) is 24.5 Å². The van der Waals surface area contributed by atoms with Gasteiger partial charge in [0.25, 0.3) is 42.4 Å². The number of aliphatic hydroxyl groups excluding tert-OH is 4. The summed E-state index contributed by atoms with van der Waals surface area (Å²) in [5, 5.41) is 40.5. The number of aromatic amines is 2. The second kappa shape index (κ2) is 14.7. The van der Waals surface area contributed by atoms with Gasteiger partial charge >= 0.3 is 11.4 Å². The van der Waals surface area contributed by atoms with Crippen LogP contribution < -0.4 is 42.1 Å². The summed E-state index contributed by atoms with van der Waals surface area (Å²) in [5.41, 5.74) is -3.89. The van der Waals surface area contributed by atoms with Gasteiger partial charge in [0.05, 0.1) is 13.2 Å². The third-order valence-electron chi connectivity index (χ3n) is 6.32. The van der Waals surface area contributed by atoms with Crippen LogP contribution >= 0.6 is 31.3 Å². The van der Waals surface area contributed by atoms with Crippen LogP contribution in [0.4, 0.5) is 0 Å². The van der Waals surface area contributed by atoms with Crippen LogP contribution in [0.5, 0.6) is 0 Å². The molecule has 2 aromatic heterocycles. The smallest absolute Gasteiger partial charge is 0.330 e. The van der Waals surface area contributed by atoms with E-state index in [9.17, 15) is 77.4 Å². The van der Waals surface area contributed by atoms with Crippen LogP contribution in [0.25, 0.3) is 0 Å². The normalized spacial score (nSPS) is 32.2. The molecule has 2 aliphatic rings. The minimum absolute atomic E-state index is 0.604. The number of aliphatic hydroxyl groups is 4. The Balaban J connectivity index is 1.31. The van der Waals surface area contributed by atoms with Gasteiger partial charge in [-0.3, -0.25) is 47.0 Å². The zero-order valence-electron chi connectivity index (χ0n) is 23.6. The quantitative estimate of drug-likeness (QED) is 0.0969. The molecule has 2 aliphatic heterocycles. The highest BCUT2D eigenvalue weighted by Gasteiger charge is 2.46. The van der Waals surface area contributed by atoms with E-state index in [0.29, 0.717) is 9.13 Å². The van der Waals surface area contributed by atoms with Crippen LogP contribution in [0.3, 0.4) is 0 Å². The molecule has 0 aliphatic carbocycles. The maximum Gasteiger partial charge on any atom is 0.330 e. The van der Waals surface area contributed by atoms with E-state index in [1.54, 1.807) is 0 Å². The number of phosphoric acid groups is 4. The van der Waals surface area contributed by atoms with Crippen molar-refractivity contribution in [2.45, 2.75) is 49.1 Å². The molecule has 12 unspecified atom stereocenters. The van der Waals surface area contributed by atoms with Crippen LogP contribution in [0.2, 0.25) is 0 Å². The van der Waals surface area contributed by atoms with Gasteiger partial charge in [0.15, 0.2) is 12.5 Å². The molecule has 12 atom stereocenters. The molecule has 0 saturated carbocycles. The van der Waals surface area contributed by atoms with Crippen LogP contribution in [0.15, 0.2) is 43.7 Å². The minimum atomic E-state index is -6.64. The Morgan fingerprint density at radius 1 is 0.612 bits per heavy atom. The second-order valence-corrected chi connectivity index (χ2v) is 15.8. The highest BCUT2D eigenvalue weighted by molar-refractivity contribution is 7.68. The zero-order valence-corrected chi connectivity index (χ0v) is 27.1. The number of aromatic nitrogens is 4. The summed E-state index contributed by atoms with van der Waals surface area (Å²) in [7, 11) is -25.6. The molecule has 6 N–H and O–H groups in total. The van der Waals surface area contributed by atoms with Crippen molar-refractivity contribution in [2.24, 2.45) is 0 Å². The minimum Gasteiger partial charge on any atom is -0.756 e. The Morgan fingerprint density at radius 2 is 0.939 bits per heavy atom. The summed E-state index contributed by atoms with van der Waals surface area (Å²) < 4.78 is 78.3. The highest BCUT2D eigenvalue weighted by Crippen LogP contribution is 2.66. The first-order chi connectivity index (χ1) is 22.5. The van der Waals surface area contributed by atoms with E-state index in [1.807, 2.05) is 9.97 Å². The zero-order chi connectivity index (χ0) is 36.7. The fourth-order valence-electron chi connectivity index (χ4n) is 4.22. The molecule has 0 radical (unpaired) electrons. The molecule has 0 bridgehead atoms. The first-order valence-electron chi connectivity index (χ1n) is 12.8. The molecule has 0 spiro atoms. The Bertz CT molecular complexity index is 1820. The van der Waals surface area contributed by atoms with E-state index in [1.165, 1.54) is 0 Å². The monoisotopic (exact) mass is 786 g/mol. The van der Waals surface area contributed by atoms with Crippen molar-refractivity contribution in [3.8, 4) is 0 Å². The average Bonchev–Trinajstić information content (AvgIpc) is 3.38. The molecule has 4 heterocycles. The molecule has 2 fully saturated rings. The number of ether oxygens (including phenoxy) is 2. The molecule has 2 aromatic rings. The Morgan fingerprint density at radius 3 is 1.27 bits per heavy atom. The first kappa shape index (κ1) is 39.5. The van der Waals surface area contributed by atoms with Gasteiger partial charge in [-0.05, 0) is 0 Å². The third-order valence-corrected chi connectivity index (χ3v) is 12.0. The fraction of sp³-hybridized carbons (Fsp3) is 0.556. The lowest BCUT2D eigenvalue weighted by Gasteiger charge is -2.36. The fourth-order valence-corrected chi connectivity index (χ4v) is 8.97. The molecule has 27 nitrogen and oxygen atoms in total. The molecule has 31 heteroatoms. The Kier molecular flexibility index (Phi) is 11.9. The van der Waals surface area contributed by atoms with Crippen molar-refractivity contribution in [2.75, 3.05) is 13.2 Å². The van der Waals surface area contributed by atoms with Crippen molar-refractivity contribution in [3.63, 3.8) is 0 Å². The van der Waals surface area contributed by atoms with Gasteiger partial charge in [0.2, 0.25) is 0 Å². The number of phosphoric ester groups is 2. The number of hydrogen-bond acceptors (Lipinski definition) is 23. The van der Waals surface area contributed by atoms with E-state index in [2.05, 4.69) is 22.0 Å². The summed E-state index contributed by atoms with van der Waals surface area (Å²) in [4.78, 5) is 97.9. The van der Waals surface area contributed by atoms with E-state index >= 15 is 0 Å². The molecular weight excluding hydrogens is 764 g/mol. The van der Waals surface area contributed by atoms with Gasteiger partial charge in [-0.15, -0.1) is 0 Å². The molecule has 2 saturated heterocycles. The summed E-state index contributed by atoms with van der Waals surface area (Å²) in [6.07, 6.45) is -13.2. The lowest BCUT2D eigenvalue weighted by Crippen LogP contribution is -2.37. The first-order valence-corrected chi connectivity index (χ1v) is 18.7. The molecule has 0 aromatic carbocycles. The van der Waals surface area contributed by atoms with Gasteiger partial charge in [-0.2, -0.15) is 0 Å². The summed E-state index contributed by atoms with van der Waals surface area (Å²) in [5.74, 6) is 0. The maximum atomic E-state index is 12.0. The van der Waals surface area contributed by atoms with Crippen molar-refractivity contribution < 1.29 is 89.7 Å². The topological polar surface area (TPSA) is 416 Å². The van der Waals surface area contributed by atoms with Gasteiger partial charge < -0.3 is 58.5 Å². The van der Waals surface area contributed by atoms with Crippen molar-refractivity contribution in [1.29, 1.82) is 0 Å². The molecule has 0 amide bonds. The lowest BCUT2D eigenvalue weighted by molar-refractivity contribution is -0.255. The van der Waals surface area contributed by atoms with E-state index in [-0.39, 0.29) is 0 Å². The van der Waals surface area contributed by atoms with Crippen molar-refractivity contribution in [3.05, 3.63) is 66.2 Å². The SMILES string of the molecule is O=c1ccn(C2OC(COP(=O)([O-])OP(=O)([O-])OP(=O)([O-])OP(=O)([O-])OCC3OC(n4ccc(=O)[nH]c4=O)C(O)C3O)C(O)C2O)c(=O)[nH]1. The van der Waals surface area contributed by atoms with Gasteiger partial charge in [-0.25, -0.2) is 22.5 Å². The highest BCUT2D eigenvalue weighted by atomic mass is 31.3. The maximum absolute atomic E-state index is 12.0. The lowest BCUT2D eigenvalue weighted by atomic mass is 10.1. The molecule has 49 heavy (non-hydrogen) atoms. The van der Waals surface area contributed by atoms with Crippen molar-refractivity contribution >= 4 is 31.3 Å². The summed E-state index contributed by atoms with van der Waals surface area (Å²) in [6.45, 7) is -2.66. The van der Waals surface area contributed by atoms with Crippen LogP contribution in [0.1, 0.15) is 12.5 Å². The second-order valence-electron chi connectivity index (χ2n) is 9.75. The van der Waals surface area contributed by atoms with Crippen LogP contribution in [-0.4, -0.2) is 89.4 Å². The number of hydrogen-bond donors (Lipinski definition) is 6. The van der Waals surface area contributed by atoms with Gasteiger partial charge in [0, 0.05) is 24.5 Å². The standard InChI is InChI=1S/C18H26N4O23P4/c23-9-1-3-21(17(29)19-9)15-13(27)11(25)7(41-15)5-39-46(31,32)43-48(35,36)45-49(37,38)44-47(33,34)40-6-8-12(26)14(28)16(42-8)22-4-2-10(24)20-18(22)30/h1-4,7-8,11-16,25-28H,5-6H2,(H,31,32)(H,33,34)(H,35,36)(H,37,38)(H,19,23,29)(H,20,24,30)/p-4. The number of nitrogens with zero attached hydrogens (tertiary/aromatic N) is 2. The summed E-state index contributed by atoms with van der Waals surface area (Å²) in [6, 6.07) is 1.68. The number of H-pyrrole nitrogens is 2. The Labute approximate surface area is 268 Å².